The van der Waals surface area contributed by atoms with Gasteiger partial charge < -0.3 is 5.32 Å². The molecule has 0 aliphatic carbocycles. The smallest absolute Gasteiger partial charge is 0.315 e. The van der Waals surface area contributed by atoms with Gasteiger partial charge in [0.25, 0.3) is 0 Å². The van der Waals surface area contributed by atoms with Gasteiger partial charge in [-0.1, -0.05) is 42.5 Å². The van der Waals surface area contributed by atoms with Crippen LogP contribution in [0.2, 0.25) is 0 Å². The Hall–Kier alpha value is -2.44. The largest absolute Gasteiger partial charge is 0.416 e. The lowest BCUT2D eigenvalue weighted by molar-refractivity contribution is -0.138. The van der Waals surface area contributed by atoms with Gasteiger partial charge in [0.2, 0.25) is 0 Å². The van der Waals surface area contributed by atoms with Gasteiger partial charge in [-0.05, 0) is 36.7 Å². The predicted molar refractivity (Wildman–Crippen MR) is 104 cm³/mol. The van der Waals surface area contributed by atoms with Crippen molar-refractivity contribution in [2.45, 2.75) is 18.6 Å². The van der Waals surface area contributed by atoms with Crippen LogP contribution in [0.3, 0.4) is 0 Å². The fourth-order valence-corrected chi connectivity index (χ4v) is 3.90. The minimum absolute atomic E-state index is 0.264. The zero-order chi connectivity index (χ0) is 19.6. The third-order valence-electron chi connectivity index (χ3n) is 5.20. The molecule has 1 aliphatic heterocycles. The molecule has 1 unspecified atom stereocenters. The molecule has 1 atom stereocenters. The summed E-state index contributed by atoms with van der Waals surface area (Å²) in [5.41, 5.74) is 1.12. The average molecular weight is 385 g/mol. The minimum atomic E-state index is -4.41. The van der Waals surface area contributed by atoms with Crippen LogP contribution in [0.5, 0.6) is 0 Å². The number of rotatable bonds is 3. The van der Waals surface area contributed by atoms with Crippen molar-refractivity contribution < 1.29 is 13.2 Å². The van der Waals surface area contributed by atoms with Gasteiger partial charge in [0, 0.05) is 25.0 Å². The molecule has 3 aromatic rings. The molecule has 1 saturated heterocycles. The zero-order valence-electron chi connectivity index (χ0n) is 15.4. The molecule has 0 amide bonds. The van der Waals surface area contributed by atoms with E-state index < -0.39 is 17.8 Å². The van der Waals surface area contributed by atoms with Gasteiger partial charge in [0.15, 0.2) is 0 Å². The molecule has 1 aliphatic rings. The van der Waals surface area contributed by atoms with Crippen LogP contribution in [-0.4, -0.2) is 36.1 Å². The van der Waals surface area contributed by atoms with Crippen molar-refractivity contribution in [1.82, 2.24) is 15.2 Å². The van der Waals surface area contributed by atoms with Crippen molar-refractivity contribution in [1.29, 1.82) is 0 Å². The van der Waals surface area contributed by atoms with Gasteiger partial charge in [-0.3, -0.25) is 9.88 Å². The SMILES string of the molecule is FC(F)(F)c1ccccc1C(c1ccc2ccccc2n1)N1CCCNCC1. The summed E-state index contributed by atoms with van der Waals surface area (Å²) in [6, 6.07) is 16.8. The molecule has 1 N–H and O–H groups in total. The summed E-state index contributed by atoms with van der Waals surface area (Å²) in [6.07, 6.45) is -3.52. The quantitative estimate of drug-likeness (QED) is 0.712. The summed E-state index contributed by atoms with van der Waals surface area (Å²) < 4.78 is 41.3. The Kier molecular flexibility index (Phi) is 5.33. The lowest BCUT2D eigenvalue weighted by atomic mass is 9.95. The summed E-state index contributed by atoms with van der Waals surface area (Å²) in [7, 11) is 0. The first kappa shape index (κ1) is 18.9. The Morgan fingerprint density at radius 2 is 1.68 bits per heavy atom. The number of pyridine rings is 1. The zero-order valence-corrected chi connectivity index (χ0v) is 15.4. The van der Waals surface area contributed by atoms with Gasteiger partial charge in [-0.25, -0.2) is 0 Å². The molecule has 3 nitrogen and oxygen atoms in total. The molecule has 1 aromatic heterocycles. The average Bonchev–Trinajstić information content (AvgIpc) is 2.97. The number of halogens is 3. The monoisotopic (exact) mass is 385 g/mol. The number of para-hydroxylation sites is 1. The van der Waals surface area contributed by atoms with E-state index in [-0.39, 0.29) is 5.56 Å². The third-order valence-corrected chi connectivity index (χ3v) is 5.20. The van der Waals surface area contributed by atoms with E-state index in [1.165, 1.54) is 12.1 Å². The second kappa shape index (κ2) is 7.89. The first-order chi connectivity index (χ1) is 13.5. The van der Waals surface area contributed by atoms with Crippen LogP contribution in [0.4, 0.5) is 13.2 Å². The van der Waals surface area contributed by atoms with Crippen LogP contribution in [0.1, 0.15) is 29.3 Å². The number of fused-ring (bicyclic) bond motifs is 1. The van der Waals surface area contributed by atoms with E-state index >= 15 is 0 Å². The van der Waals surface area contributed by atoms with Crippen LogP contribution in [0.15, 0.2) is 60.7 Å². The van der Waals surface area contributed by atoms with Crippen molar-refractivity contribution >= 4 is 10.9 Å². The molecule has 6 heteroatoms. The van der Waals surface area contributed by atoms with E-state index in [1.54, 1.807) is 12.1 Å². The van der Waals surface area contributed by atoms with Crippen LogP contribution < -0.4 is 5.32 Å². The van der Waals surface area contributed by atoms with E-state index in [1.807, 2.05) is 36.4 Å². The molecule has 146 valence electrons. The van der Waals surface area contributed by atoms with Crippen molar-refractivity contribution in [3.63, 3.8) is 0 Å². The highest BCUT2D eigenvalue weighted by atomic mass is 19.4. The maximum atomic E-state index is 13.8. The summed E-state index contributed by atoms with van der Waals surface area (Å²) >= 11 is 0. The maximum Gasteiger partial charge on any atom is 0.416 e. The second-order valence-corrected chi connectivity index (χ2v) is 7.06. The Balaban J connectivity index is 1.87. The summed E-state index contributed by atoms with van der Waals surface area (Å²) in [6.45, 7) is 3.01. The topological polar surface area (TPSA) is 28.2 Å². The fraction of sp³-hybridized carbons (Fsp3) is 0.318. The maximum absolute atomic E-state index is 13.8. The second-order valence-electron chi connectivity index (χ2n) is 7.06. The molecule has 0 bridgehead atoms. The Bertz CT molecular complexity index is 947. The number of hydrogen-bond acceptors (Lipinski definition) is 3. The number of nitrogens with zero attached hydrogens (tertiary/aromatic N) is 2. The molecular weight excluding hydrogens is 363 g/mol. The van der Waals surface area contributed by atoms with Crippen molar-refractivity contribution in [3.05, 3.63) is 77.5 Å². The van der Waals surface area contributed by atoms with Crippen LogP contribution in [0, 0.1) is 0 Å². The number of nitrogens with one attached hydrogen (secondary N) is 1. The first-order valence-corrected chi connectivity index (χ1v) is 9.50. The van der Waals surface area contributed by atoms with Crippen LogP contribution in [-0.2, 0) is 6.18 Å². The van der Waals surface area contributed by atoms with Gasteiger partial charge in [-0.2, -0.15) is 13.2 Å². The Labute approximate surface area is 162 Å². The van der Waals surface area contributed by atoms with Crippen molar-refractivity contribution in [2.75, 3.05) is 26.2 Å². The Morgan fingerprint density at radius 3 is 2.54 bits per heavy atom. The lowest BCUT2D eigenvalue weighted by Gasteiger charge is -2.32. The van der Waals surface area contributed by atoms with Gasteiger partial charge >= 0.3 is 6.18 Å². The molecule has 0 radical (unpaired) electrons. The molecule has 0 saturated carbocycles. The van der Waals surface area contributed by atoms with Crippen molar-refractivity contribution in [3.8, 4) is 0 Å². The van der Waals surface area contributed by atoms with Gasteiger partial charge in [0.1, 0.15) is 0 Å². The first-order valence-electron chi connectivity index (χ1n) is 9.50. The van der Waals surface area contributed by atoms with Gasteiger partial charge in [-0.15, -0.1) is 0 Å². The predicted octanol–water partition coefficient (Wildman–Crippen LogP) is 4.64. The number of hydrogen-bond donors (Lipinski definition) is 1. The highest BCUT2D eigenvalue weighted by Crippen LogP contribution is 2.39. The molecule has 1 fully saturated rings. The standard InChI is InChI=1S/C22H22F3N3/c23-22(24,25)18-8-3-2-7-17(18)21(28-14-5-12-26-13-15-28)20-11-10-16-6-1-4-9-19(16)27-20/h1-4,6-11,21,26H,5,12-15H2. The molecule has 28 heavy (non-hydrogen) atoms. The minimum Gasteiger partial charge on any atom is -0.315 e. The molecule has 4 rings (SSSR count). The molecular formula is C22H22F3N3. The van der Waals surface area contributed by atoms with Crippen LogP contribution >= 0.6 is 0 Å². The van der Waals surface area contributed by atoms with E-state index in [9.17, 15) is 13.2 Å². The number of alkyl halides is 3. The summed E-state index contributed by atoms with van der Waals surface area (Å²) in [5, 5.41) is 4.30. The molecule has 2 aromatic carbocycles. The van der Waals surface area contributed by atoms with E-state index in [4.69, 9.17) is 4.98 Å². The summed E-state index contributed by atoms with van der Waals surface area (Å²) in [5.74, 6) is 0. The third kappa shape index (κ3) is 3.88. The van der Waals surface area contributed by atoms with Crippen LogP contribution in [0.25, 0.3) is 10.9 Å². The molecule has 2 heterocycles. The highest BCUT2D eigenvalue weighted by Gasteiger charge is 2.37. The molecule has 0 spiro atoms. The van der Waals surface area contributed by atoms with E-state index in [0.29, 0.717) is 12.2 Å². The fourth-order valence-electron chi connectivity index (χ4n) is 3.90. The van der Waals surface area contributed by atoms with Gasteiger partial charge in [0.05, 0.1) is 22.8 Å². The Morgan fingerprint density at radius 1 is 0.893 bits per heavy atom. The van der Waals surface area contributed by atoms with Crippen molar-refractivity contribution in [2.24, 2.45) is 0 Å². The number of benzene rings is 2. The van der Waals surface area contributed by atoms with E-state index in [0.717, 1.165) is 37.0 Å². The number of aromatic nitrogens is 1. The van der Waals surface area contributed by atoms with E-state index in [2.05, 4.69) is 10.2 Å². The highest BCUT2D eigenvalue weighted by molar-refractivity contribution is 5.78. The summed E-state index contributed by atoms with van der Waals surface area (Å²) in [4.78, 5) is 6.86. The lowest BCUT2D eigenvalue weighted by Crippen LogP contribution is -2.34. The normalized spacial score (nSPS) is 17.4.